The predicted molar refractivity (Wildman–Crippen MR) is 144 cm³/mol. The minimum Gasteiger partial charge on any atom is -0.517 e. The SMILES string of the molecule is CCC(C)O[Si](C)(C)CCCN(CC(=O)O[Si](C(C)C)(C(C)C)C(C)C)c1ccccc1. The van der Waals surface area contributed by atoms with Gasteiger partial charge in [-0.2, -0.15) is 0 Å². The van der Waals surface area contributed by atoms with E-state index in [1.165, 1.54) is 0 Å². The minimum atomic E-state index is -2.23. The first-order valence-electron chi connectivity index (χ1n) is 12.5. The first-order valence-corrected chi connectivity index (χ1v) is 17.8. The summed E-state index contributed by atoms with van der Waals surface area (Å²) in [5.41, 5.74) is 2.25. The maximum atomic E-state index is 13.3. The van der Waals surface area contributed by atoms with E-state index in [0.29, 0.717) is 29.3 Å². The molecule has 4 nitrogen and oxygen atoms in total. The largest absolute Gasteiger partial charge is 0.517 e. The Balaban J connectivity index is 2.93. The van der Waals surface area contributed by atoms with Crippen LogP contribution >= 0.6 is 0 Å². The van der Waals surface area contributed by atoms with Crippen molar-refractivity contribution in [3.8, 4) is 0 Å². The van der Waals surface area contributed by atoms with Crippen LogP contribution in [0.5, 0.6) is 0 Å². The Kier molecular flexibility index (Phi) is 11.7. The second-order valence-corrected chi connectivity index (χ2v) is 20.4. The van der Waals surface area contributed by atoms with Crippen LogP contribution in [0.4, 0.5) is 5.69 Å². The fourth-order valence-corrected chi connectivity index (χ4v) is 12.6. The van der Waals surface area contributed by atoms with E-state index in [4.69, 9.17) is 8.85 Å². The van der Waals surface area contributed by atoms with Crippen LogP contribution < -0.4 is 4.90 Å². The molecule has 0 bridgehead atoms. The van der Waals surface area contributed by atoms with Crippen molar-refractivity contribution in [1.82, 2.24) is 0 Å². The van der Waals surface area contributed by atoms with Crippen LogP contribution in [0.1, 0.15) is 68.2 Å². The number of benzene rings is 1. The molecule has 0 amide bonds. The highest BCUT2D eigenvalue weighted by Gasteiger charge is 2.48. The average Bonchev–Trinajstić information content (AvgIpc) is 2.70. The van der Waals surface area contributed by atoms with Gasteiger partial charge in [0.2, 0.25) is 0 Å². The number of anilines is 1. The summed E-state index contributed by atoms with van der Waals surface area (Å²) in [4.78, 5) is 15.4. The number of carbonyl (C=O) groups excluding carboxylic acids is 1. The summed E-state index contributed by atoms with van der Waals surface area (Å²) in [6, 6.07) is 11.3. The van der Waals surface area contributed by atoms with E-state index in [1.54, 1.807) is 0 Å². The van der Waals surface area contributed by atoms with Gasteiger partial charge in [0.15, 0.2) is 8.32 Å². The molecule has 0 heterocycles. The molecule has 1 aromatic rings. The van der Waals surface area contributed by atoms with Gasteiger partial charge in [-0.3, -0.25) is 4.79 Å². The number of hydrogen-bond donors (Lipinski definition) is 0. The normalized spacial score (nSPS) is 13.7. The first kappa shape index (κ1) is 28.9. The quantitative estimate of drug-likeness (QED) is 0.257. The second kappa shape index (κ2) is 12.9. The summed E-state index contributed by atoms with van der Waals surface area (Å²) < 4.78 is 12.8. The van der Waals surface area contributed by atoms with Crippen LogP contribution in [-0.2, 0) is 13.6 Å². The van der Waals surface area contributed by atoms with E-state index >= 15 is 0 Å². The Hall–Kier alpha value is -1.12. The minimum absolute atomic E-state index is 0.0796. The summed E-state index contributed by atoms with van der Waals surface area (Å²) >= 11 is 0. The van der Waals surface area contributed by atoms with Gasteiger partial charge in [0.05, 0.1) is 0 Å². The fraction of sp³-hybridized carbons (Fsp3) is 0.731. The molecule has 32 heavy (non-hydrogen) atoms. The van der Waals surface area contributed by atoms with Gasteiger partial charge in [0.25, 0.3) is 8.32 Å². The van der Waals surface area contributed by atoms with Gasteiger partial charge in [-0.25, -0.2) is 0 Å². The van der Waals surface area contributed by atoms with E-state index in [0.717, 1.165) is 31.1 Å². The third-order valence-electron chi connectivity index (χ3n) is 6.74. The Bertz CT molecular complexity index is 655. The summed E-state index contributed by atoms with van der Waals surface area (Å²) in [5, 5.41) is 0. The standard InChI is InChI=1S/C26H49NO3Si2/c1-11-24(8)29-31(9,10)19-15-18-27(25-16-13-12-14-17-25)20-26(28)30-32(21(2)3,22(4)5)23(6)7/h12-14,16-17,21-24H,11,15,18-20H2,1-10H3. The Labute approximate surface area is 200 Å². The third kappa shape index (κ3) is 8.34. The lowest BCUT2D eigenvalue weighted by Gasteiger charge is -2.41. The van der Waals surface area contributed by atoms with Gasteiger partial charge in [-0.05, 0) is 67.7 Å². The molecule has 0 saturated carbocycles. The highest BCUT2D eigenvalue weighted by Crippen LogP contribution is 2.42. The number of para-hydroxylation sites is 1. The molecule has 184 valence electrons. The number of rotatable bonds is 14. The van der Waals surface area contributed by atoms with Gasteiger partial charge in [-0.1, -0.05) is 66.7 Å². The van der Waals surface area contributed by atoms with E-state index in [-0.39, 0.29) is 5.97 Å². The molecule has 0 aliphatic carbocycles. The number of hydrogen-bond acceptors (Lipinski definition) is 4. The molecule has 0 aliphatic rings. The highest BCUT2D eigenvalue weighted by molar-refractivity contribution is 6.79. The van der Waals surface area contributed by atoms with Crippen LogP contribution in [0.3, 0.4) is 0 Å². The molecule has 0 fully saturated rings. The first-order chi connectivity index (χ1) is 14.9. The van der Waals surface area contributed by atoms with Crippen LogP contribution in [0, 0.1) is 0 Å². The van der Waals surface area contributed by atoms with Crippen molar-refractivity contribution >= 4 is 28.3 Å². The smallest absolute Gasteiger partial charge is 0.312 e. The summed E-state index contributed by atoms with van der Waals surface area (Å²) in [6.45, 7) is 23.4. The van der Waals surface area contributed by atoms with E-state index in [1.807, 2.05) is 18.2 Å². The zero-order chi connectivity index (χ0) is 24.5. The predicted octanol–water partition coefficient (Wildman–Crippen LogP) is 7.62. The second-order valence-electron chi connectivity index (χ2n) is 10.7. The van der Waals surface area contributed by atoms with Crippen LogP contribution in [-0.4, -0.2) is 41.8 Å². The van der Waals surface area contributed by atoms with Crippen LogP contribution in [0.15, 0.2) is 30.3 Å². The zero-order valence-corrected chi connectivity index (χ0v) is 24.4. The highest BCUT2D eigenvalue weighted by atomic mass is 28.4. The third-order valence-corrected chi connectivity index (χ3v) is 15.3. The van der Waals surface area contributed by atoms with Crippen LogP contribution in [0.25, 0.3) is 0 Å². The maximum Gasteiger partial charge on any atom is 0.312 e. The topological polar surface area (TPSA) is 38.8 Å². The van der Waals surface area contributed by atoms with Gasteiger partial charge >= 0.3 is 5.97 Å². The molecule has 0 aromatic heterocycles. The van der Waals surface area contributed by atoms with Gasteiger partial charge in [-0.15, -0.1) is 0 Å². The van der Waals surface area contributed by atoms with Crippen LogP contribution in [0.2, 0.25) is 35.8 Å². The van der Waals surface area contributed by atoms with Gasteiger partial charge in [0.1, 0.15) is 6.54 Å². The molecule has 0 radical (unpaired) electrons. The molecule has 1 aromatic carbocycles. The van der Waals surface area contributed by atoms with Crippen molar-refractivity contribution in [3.63, 3.8) is 0 Å². The molecule has 0 saturated heterocycles. The molecular formula is C26H49NO3Si2. The van der Waals surface area contributed by atoms with E-state index < -0.39 is 16.6 Å². The molecule has 0 N–H and O–H groups in total. The zero-order valence-electron chi connectivity index (χ0n) is 22.4. The average molecular weight is 480 g/mol. The van der Waals surface area contributed by atoms with E-state index in [2.05, 4.69) is 85.5 Å². The summed E-state index contributed by atoms with van der Waals surface area (Å²) in [7, 11) is -3.95. The van der Waals surface area contributed by atoms with Gasteiger partial charge in [0, 0.05) is 18.3 Å². The maximum absolute atomic E-state index is 13.3. The van der Waals surface area contributed by atoms with Crippen molar-refractivity contribution in [2.24, 2.45) is 0 Å². The molecule has 1 unspecified atom stereocenters. The summed E-state index contributed by atoms with van der Waals surface area (Å²) in [5.74, 6) is -0.0796. The number of nitrogens with zero attached hydrogens (tertiary/aromatic N) is 1. The molecule has 1 rings (SSSR count). The van der Waals surface area contributed by atoms with Crippen molar-refractivity contribution < 1.29 is 13.6 Å². The van der Waals surface area contributed by atoms with Gasteiger partial charge < -0.3 is 13.8 Å². The molecule has 1 atom stereocenters. The molecule has 0 aliphatic heterocycles. The summed E-state index contributed by atoms with van der Waals surface area (Å²) in [6.07, 6.45) is 2.38. The lowest BCUT2D eigenvalue weighted by atomic mass is 10.2. The van der Waals surface area contributed by atoms with Crippen molar-refractivity contribution in [2.75, 3.05) is 18.0 Å². The molecule has 6 heteroatoms. The van der Waals surface area contributed by atoms with Crippen molar-refractivity contribution in [1.29, 1.82) is 0 Å². The molecule has 0 spiro atoms. The lowest BCUT2D eigenvalue weighted by molar-refractivity contribution is -0.134. The van der Waals surface area contributed by atoms with Crippen molar-refractivity contribution in [2.45, 2.75) is 110 Å². The lowest BCUT2D eigenvalue weighted by Crippen LogP contribution is -2.51. The van der Waals surface area contributed by atoms with Crippen molar-refractivity contribution in [3.05, 3.63) is 30.3 Å². The monoisotopic (exact) mass is 479 g/mol. The Morgan fingerprint density at radius 3 is 1.94 bits per heavy atom. The van der Waals surface area contributed by atoms with E-state index in [9.17, 15) is 4.79 Å². The Morgan fingerprint density at radius 1 is 0.938 bits per heavy atom. The Morgan fingerprint density at radius 2 is 1.47 bits per heavy atom. The number of carbonyl (C=O) groups is 1. The molecular weight excluding hydrogens is 430 g/mol. The fourth-order valence-electron chi connectivity index (χ4n) is 5.06.